The van der Waals surface area contributed by atoms with Crippen molar-refractivity contribution in [3.8, 4) is 22.9 Å². The molecule has 1 amide bonds. The maximum atomic E-state index is 12.7. The van der Waals surface area contributed by atoms with E-state index >= 15 is 0 Å². The predicted molar refractivity (Wildman–Crippen MR) is 123 cm³/mol. The molecule has 0 saturated heterocycles. The second kappa shape index (κ2) is 9.41. The van der Waals surface area contributed by atoms with Crippen LogP contribution in [0, 0.1) is 0 Å². The molecule has 0 bridgehead atoms. The lowest BCUT2D eigenvalue weighted by atomic mass is 10.2. The minimum atomic E-state index is -0.372. The van der Waals surface area contributed by atoms with Gasteiger partial charge in [-0.1, -0.05) is 48.2 Å². The van der Waals surface area contributed by atoms with Gasteiger partial charge in [-0.15, -0.1) is 10.2 Å². The van der Waals surface area contributed by atoms with Crippen molar-refractivity contribution in [1.82, 2.24) is 20.1 Å². The molecule has 9 heteroatoms. The Morgan fingerprint density at radius 2 is 1.94 bits per heavy atom. The highest BCUT2D eigenvalue weighted by atomic mass is 32.2. The second-order valence-electron chi connectivity index (χ2n) is 7.50. The largest absolute Gasteiger partial charge is 0.467 e. The van der Waals surface area contributed by atoms with Gasteiger partial charge in [0.15, 0.2) is 22.5 Å². The summed E-state index contributed by atoms with van der Waals surface area (Å²) in [5.74, 6) is 2.80. The van der Waals surface area contributed by atoms with E-state index in [-0.39, 0.29) is 18.0 Å². The molecule has 5 rings (SSSR count). The molecule has 1 atom stereocenters. The van der Waals surface area contributed by atoms with E-state index in [1.165, 1.54) is 11.8 Å². The topological polar surface area (TPSA) is 91.4 Å². The lowest BCUT2D eigenvalue weighted by Gasteiger charge is -2.14. The predicted octanol–water partition coefficient (Wildman–Crippen LogP) is 4.11. The molecule has 0 fully saturated rings. The Labute approximate surface area is 194 Å². The van der Waals surface area contributed by atoms with E-state index in [9.17, 15) is 4.79 Å². The van der Waals surface area contributed by atoms with Gasteiger partial charge in [-0.25, -0.2) is 0 Å². The standard InChI is InChI=1S/C24H22N4O4S/c1-16(23(29)25-13-19-8-5-11-30-19)33-24-27-26-22(18-6-3-2-4-7-18)28(24)14-17-9-10-20-21(12-17)32-15-31-20/h2-12,16H,13-15H2,1H3,(H,25,29). The molecule has 0 aliphatic carbocycles. The summed E-state index contributed by atoms with van der Waals surface area (Å²) < 4.78 is 18.3. The molecule has 0 radical (unpaired) electrons. The molecule has 0 saturated carbocycles. The van der Waals surface area contributed by atoms with Crippen molar-refractivity contribution >= 4 is 17.7 Å². The Balaban J connectivity index is 1.38. The van der Waals surface area contributed by atoms with Crippen LogP contribution in [0.5, 0.6) is 11.5 Å². The van der Waals surface area contributed by atoms with Crippen molar-refractivity contribution in [2.75, 3.05) is 6.79 Å². The first-order chi connectivity index (χ1) is 16.2. The number of aromatic nitrogens is 3. The number of benzene rings is 2. The number of hydrogen-bond donors (Lipinski definition) is 1. The summed E-state index contributed by atoms with van der Waals surface area (Å²) in [6, 6.07) is 19.4. The molecule has 8 nitrogen and oxygen atoms in total. The van der Waals surface area contributed by atoms with Gasteiger partial charge in [0.05, 0.1) is 24.6 Å². The Morgan fingerprint density at radius 1 is 1.09 bits per heavy atom. The zero-order valence-electron chi connectivity index (χ0n) is 17.9. The lowest BCUT2D eigenvalue weighted by molar-refractivity contribution is -0.120. The van der Waals surface area contributed by atoms with Crippen LogP contribution in [0.25, 0.3) is 11.4 Å². The summed E-state index contributed by atoms with van der Waals surface area (Å²) >= 11 is 1.37. The lowest BCUT2D eigenvalue weighted by Crippen LogP contribution is -2.30. The maximum Gasteiger partial charge on any atom is 0.233 e. The van der Waals surface area contributed by atoms with Crippen LogP contribution < -0.4 is 14.8 Å². The van der Waals surface area contributed by atoms with Crippen molar-refractivity contribution in [3.63, 3.8) is 0 Å². The van der Waals surface area contributed by atoms with E-state index in [4.69, 9.17) is 13.9 Å². The fraction of sp³-hybridized carbons (Fsp3) is 0.208. The van der Waals surface area contributed by atoms with Crippen LogP contribution in [0.4, 0.5) is 0 Å². The summed E-state index contributed by atoms with van der Waals surface area (Å²) in [6.45, 7) is 2.95. The zero-order valence-corrected chi connectivity index (χ0v) is 18.7. The van der Waals surface area contributed by atoms with Crippen molar-refractivity contribution in [2.24, 2.45) is 0 Å². The first-order valence-electron chi connectivity index (χ1n) is 10.5. The van der Waals surface area contributed by atoms with Gasteiger partial charge in [0, 0.05) is 5.56 Å². The number of furan rings is 1. The van der Waals surface area contributed by atoms with E-state index in [1.54, 1.807) is 12.3 Å². The van der Waals surface area contributed by atoms with Crippen LogP contribution in [0.3, 0.4) is 0 Å². The van der Waals surface area contributed by atoms with Gasteiger partial charge in [0.25, 0.3) is 0 Å². The number of ether oxygens (including phenoxy) is 2. The molecule has 1 aliphatic heterocycles. The van der Waals surface area contributed by atoms with Crippen molar-refractivity contribution in [1.29, 1.82) is 0 Å². The number of carbonyl (C=O) groups excluding carboxylic acids is 1. The fourth-order valence-corrected chi connectivity index (χ4v) is 4.36. The molecule has 33 heavy (non-hydrogen) atoms. The number of thioether (sulfide) groups is 1. The Morgan fingerprint density at radius 3 is 2.76 bits per heavy atom. The van der Waals surface area contributed by atoms with E-state index in [2.05, 4.69) is 15.5 Å². The Hall–Kier alpha value is -3.72. The number of carbonyl (C=O) groups is 1. The average molecular weight is 463 g/mol. The molecule has 2 aromatic heterocycles. The number of hydrogen-bond acceptors (Lipinski definition) is 7. The third-order valence-corrected chi connectivity index (χ3v) is 6.28. The summed E-state index contributed by atoms with van der Waals surface area (Å²) in [5.41, 5.74) is 1.97. The minimum absolute atomic E-state index is 0.102. The van der Waals surface area contributed by atoms with Crippen molar-refractivity contribution in [2.45, 2.75) is 30.4 Å². The summed E-state index contributed by atoms with van der Waals surface area (Å²) in [5, 5.41) is 12.0. The van der Waals surface area contributed by atoms with Crippen LogP contribution in [0.2, 0.25) is 0 Å². The number of nitrogens with zero attached hydrogens (tertiary/aromatic N) is 3. The molecular weight excluding hydrogens is 440 g/mol. The van der Waals surface area contributed by atoms with Gasteiger partial charge in [-0.2, -0.15) is 0 Å². The highest BCUT2D eigenvalue weighted by Gasteiger charge is 2.22. The van der Waals surface area contributed by atoms with Crippen LogP contribution in [0.15, 0.2) is 76.5 Å². The van der Waals surface area contributed by atoms with Crippen LogP contribution in [-0.2, 0) is 17.9 Å². The van der Waals surface area contributed by atoms with Gasteiger partial charge < -0.3 is 19.2 Å². The highest BCUT2D eigenvalue weighted by Crippen LogP contribution is 2.34. The van der Waals surface area contributed by atoms with E-state index in [0.29, 0.717) is 24.0 Å². The molecule has 4 aromatic rings. The second-order valence-corrected chi connectivity index (χ2v) is 8.81. The third kappa shape index (κ3) is 4.73. The SMILES string of the molecule is CC(Sc1nnc(-c2ccccc2)n1Cc1ccc2c(c1)OCO2)C(=O)NCc1ccco1. The average Bonchev–Trinajstić information content (AvgIpc) is 3.60. The smallest absolute Gasteiger partial charge is 0.233 e. The van der Waals surface area contributed by atoms with Crippen molar-refractivity contribution in [3.05, 3.63) is 78.3 Å². The molecule has 1 aliphatic rings. The number of amides is 1. The van der Waals surface area contributed by atoms with Gasteiger partial charge >= 0.3 is 0 Å². The molecule has 1 unspecified atom stereocenters. The maximum absolute atomic E-state index is 12.7. The Kier molecular flexibility index (Phi) is 6.03. The van der Waals surface area contributed by atoms with Crippen LogP contribution in [-0.4, -0.2) is 32.7 Å². The van der Waals surface area contributed by atoms with Gasteiger partial charge in [-0.05, 0) is 36.8 Å². The van der Waals surface area contributed by atoms with Crippen LogP contribution in [0.1, 0.15) is 18.2 Å². The Bertz CT molecular complexity index is 1240. The normalized spacial score (nSPS) is 13.1. The van der Waals surface area contributed by atoms with E-state index in [1.807, 2.05) is 66.1 Å². The van der Waals surface area contributed by atoms with Gasteiger partial charge in [0.2, 0.25) is 12.7 Å². The summed E-state index contributed by atoms with van der Waals surface area (Å²) in [6.07, 6.45) is 1.59. The van der Waals surface area contributed by atoms with Crippen LogP contribution >= 0.6 is 11.8 Å². The number of fused-ring (bicyclic) bond motifs is 1. The molecule has 2 aromatic carbocycles. The minimum Gasteiger partial charge on any atom is -0.467 e. The first kappa shape index (κ1) is 21.1. The number of rotatable bonds is 8. The van der Waals surface area contributed by atoms with Gasteiger partial charge in [0.1, 0.15) is 5.76 Å². The van der Waals surface area contributed by atoms with E-state index < -0.39 is 0 Å². The number of nitrogens with one attached hydrogen (secondary N) is 1. The summed E-state index contributed by atoms with van der Waals surface area (Å²) in [4.78, 5) is 12.7. The quantitative estimate of drug-likeness (QED) is 0.394. The molecular formula is C24H22N4O4S. The summed E-state index contributed by atoms with van der Waals surface area (Å²) in [7, 11) is 0. The van der Waals surface area contributed by atoms with E-state index in [0.717, 1.165) is 28.5 Å². The monoisotopic (exact) mass is 462 g/mol. The zero-order chi connectivity index (χ0) is 22.6. The molecule has 1 N–H and O–H groups in total. The third-order valence-electron chi connectivity index (χ3n) is 5.19. The molecule has 3 heterocycles. The molecule has 0 spiro atoms. The molecule has 168 valence electrons. The first-order valence-corrected chi connectivity index (χ1v) is 11.4. The van der Waals surface area contributed by atoms with Gasteiger partial charge in [-0.3, -0.25) is 9.36 Å². The highest BCUT2D eigenvalue weighted by molar-refractivity contribution is 8.00. The fourth-order valence-electron chi connectivity index (χ4n) is 3.48. The van der Waals surface area contributed by atoms with Crippen molar-refractivity contribution < 1.29 is 18.7 Å².